The van der Waals surface area contributed by atoms with Gasteiger partial charge in [-0.25, -0.2) is 8.78 Å². The SMILES string of the molecule is CN(C(=O)CC#N)c1ccc(F)cc1F. The predicted octanol–water partition coefficient (Wildman–Crippen LogP) is 1.84. The smallest absolute Gasteiger partial charge is 0.241 e. The molecule has 0 atom stereocenters. The quantitative estimate of drug-likeness (QED) is 0.747. The van der Waals surface area contributed by atoms with Gasteiger partial charge in [-0.1, -0.05) is 0 Å². The number of nitriles is 1. The van der Waals surface area contributed by atoms with Gasteiger partial charge < -0.3 is 4.90 Å². The van der Waals surface area contributed by atoms with Crippen molar-refractivity contribution in [1.29, 1.82) is 5.26 Å². The Balaban J connectivity index is 2.97. The van der Waals surface area contributed by atoms with Crippen LogP contribution in [0.15, 0.2) is 18.2 Å². The molecule has 15 heavy (non-hydrogen) atoms. The van der Waals surface area contributed by atoms with E-state index in [2.05, 4.69) is 0 Å². The molecule has 1 rings (SSSR count). The lowest BCUT2D eigenvalue weighted by atomic mass is 10.2. The highest BCUT2D eigenvalue weighted by atomic mass is 19.1. The fraction of sp³-hybridized carbons (Fsp3) is 0.200. The van der Waals surface area contributed by atoms with Crippen LogP contribution >= 0.6 is 0 Å². The molecule has 0 saturated carbocycles. The number of halogens is 2. The van der Waals surface area contributed by atoms with Crippen LogP contribution in [0.4, 0.5) is 14.5 Å². The summed E-state index contributed by atoms with van der Waals surface area (Å²) in [6.45, 7) is 0. The molecule has 0 aliphatic heterocycles. The van der Waals surface area contributed by atoms with Gasteiger partial charge >= 0.3 is 0 Å². The lowest BCUT2D eigenvalue weighted by Crippen LogP contribution is -2.26. The summed E-state index contributed by atoms with van der Waals surface area (Å²) in [5, 5.41) is 8.29. The molecule has 0 aromatic heterocycles. The lowest BCUT2D eigenvalue weighted by Gasteiger charge is -2.16. The van der Waals surface area contributed by atoms with E-state index in [9.17, 15) is 13.6 Å². The van der Waals surface area contributed by atoms with E-state index in [1.165, 1.54) is 7.05 Å². The van der Waals surface area contributed by atoms with Gasteiger partial charge in [0.25, 0.3) is 0 Å². The van der Waals surface area contributed by atoms with Crippen molar-refractivity contribution < 1.29 is 13.6 Å². The van der Waals surface area contributed by atoms with Crippen molar-refractivity contribution in [2.24, 2.45) is 0 Å². The first-order valence-corrected chi connectivity index (χ1v) is 4.15. The zero-order chi connectivity index (χ0) is 11.4. The normalized spacial score (nSPS) is 9.47. The number of anilines is 1. The molecule has 0 aliphatic carbocycles. The van der Waals surface area contributed by atoms with Crippen molar-refractivity contribution in [3.63, 3.8) is 0 Å². The Labute approximate surface area is 85.5 Å². The number of carbonyl (C=O) groups is 1. The zero-order valence-electron chi connectivity index (χ0n) is 8.00. The molecule has 0 N–H and O–H groups in total. The molecule has 1 amide bonds. The van der Waals surface area contributed by atoms with E-state index in [4.69, 9.17) is 5.26 Å². The zero-order valence-corrected chi connectivity index (χ0v) is 8.00. The van der Waals surface area contributed by atoms with Gasteiger partial charge in [-0.15, -0.1) is 0 Å². The molecule has 0 saturated heterocycles. The second-order valence-corrected chi connectivity index (χ2v) is 2.88. The third kappa shape index (κ3) is 2.50. The van der Waals surface area contributed by atoms with Crippen molar-refractivity contribution in [3.05, 3.63) is 29.8 Å². The second-order valence-electron chi connectivity index (χ2n) is 2.88. The first-order chi connectivity index (χ1) is 7.06. The van der Waals surface area contributed by atoms with Crippen LogP contribution in [0.3, 0.4) is 0 Å². The van der Waals surface area contributed by atoms with Crippen molar-refractivity contribution in [3.8, 4) is 6.07 Å². The standard InChI is InChI=1S/C10H8F2N2O/c1-14(10(15)4-5-13)9-3-2-7(11)6-8(9)12/h2-3,6H,4H2,1H3. The highest BCUT2D eigenvalue weighted by molar-refractivity contribution is 5.94. The van der Waals surface area contributed by atoms with Crippen LogP contribution in [-0.2, 0) is 4.79 Å². The van der Waals surface area contributed by atoms with Gasteiger partial charge in [0.15, 0.2) is 0 Å². The molecule has 78 valence electrons. The molecule has 1 aromatic carbocycles. The first-order valence-electron chi connectivity index (χ1n) is 4.15. The molecule has 3 nitrogen and oxygen atoms in total. The van der Waals surface area contributed by atoms with Crippen LogP contribution in [0.25, 0.3) is 0 Å². The number of carbonyl (C=O) groups excluding carboxylic acids is 1. The van der Waals surface area contributed by atoms with Crippen molar-refractivity contribution in [2.45, 2.75) is 6.42 Å². The summed E-state index contributed by atoms with van der Waals surface area (Å²) in [5.41, 5.74) is -0.0448. The Morgan fingerprint density at radius 3 is 2.73 bits per heavy atom. The van der Waals surface area contributed by atoms with Gasteiger partial charge in [0.2, 0.25) is 5.91 Å². The van der Waals surface area contributed by atoms with Gasteiger partial charge in [0.1, 0.15) is 18.1 Å². The first kappa shape index (κ1) is 11.1. The van der Waals surface area contributed by atoms with Gasteiger partial charge in [0.05, 0.1) is 11.8 Å². The lowest BCUT2D eigenvalue weighted by molar-refractivity contribution is -0.117. The fourth-order valence-electron chi connectivity index (χ4n) is 1.07. The van der Waals surface area contributed by atoms with E-state index in [-0.39, 0.29) is 12.1 Å². The van der Waals surface area contributed by atoms with Crippen molar-refractivity contribution in [1.82, 2.24) is 0 Å². The second kappa shape index (κ2) is 4.51. The highest BCUT2D eigenvalue weighted by Gasteiger charge is 2.14. The molecule has 1 aromatic rings. The summed E-state index contributed by atoms with van der Waals surface area (Å²) < 4.78 is 25.7. The number of hydrogen-bond acceptors (Lipinski definition) is 2. The van der Waals surface area contributed by atoms with E-state index in [1.54, 1.807) is 6.07 Å². The monoisotopic (exact) mass is 210 g/mol. The van der Waals surface area contributed by atoms with E-state index >= 15 is 0 Å². The number of hydrogen-bond donors (Lipinski definition) is 0. The Bertz CT molecular complexity index is 426. The van der Waals surface area contributed by atoms with Gasteiger partial charge in [0, 0.05) is 13.1 Å². The summed E-state index contributed by atoms with van der Waals surface area (Å²) in [5.74, 6) is -2.08. The van der Waals surface area contributed by atoms with Gasteiger partial charge in [-0.05, 0) is 12.1 Å². The minimum absolute atomic E-state index is 0.0448. The maximum atomic E-state index is 13.2. The number of nitrogens with zero attached hydrogens (tertiary/aromatic N) is 2. The molecule has 0 fully saturated rings. The van der Waals surface area contributed by atoms with Crippen LogP contribution in [0.5, 0.6) is 0 Å². The minimum Gasteiger partial charge on any atom is -0.312 e. The molecule has 0 aliphatic rings. The number of benzene rings is 1. The van der Waals surface area contributed by atoms with Gasteiger partial charge in [-0.3, -0.25) is 4.79 Å². The summed E-state index contributed by atoms with van der Waals surface area (Å²) in [6.07, 6.45) is -0.340. The van der Waals surface area contributed by atoms with Crippen molar-refractivity contribution in [2.75, 3.05) is 11.9 Å². The Hall–Kier alpha value is -1.96. The number of rotatable bonds is 2. The molecule has 0 bridgehead atoms. The summed E-state index contributed by atoms with van der Waals surface area (Å²) >= 11 is 0. The van der Waals surface area contributed by atoms with E-state index in [0.29, 0.717) is 6.07 Å². The van der Waals surface area contributed by atoms with Crippen LogP contribution in [0, 0.1) is 23.0 Å². The summed E-state index contributed by atoms with van der Waals surface area (Å²) in [6, 6.07) is 4.55. The van der Waals surface area contributed by atoms with Crippen molar-refractivity contribution >= 4 is 11.6 Å². The predicted molar refractivity (Wildman–Crippen MR) is 50.0 cm³/mol. The van der Waals surface area contributed by atoms with E-state index < -0.39 is 17.5 Å². The average molecular weight is 210 g/mol. The van der Waals surface area contributed by atoms with Crippen LogP contribution < -0.4 is 4.90 Å². The maximum absolute atomic E-state index is 13.2. The Kier molecular flexibility index (Phi) is 3.34. The fourth-order valence-corrected chi connectivity index (χ4v) is 1.07. The average Bonchev–Trinajstić information content (AvgIpc) is 2.17. The molecule has 5 heteroatoms. The molecular weight excluding hydrogens is 202 g/mol. The van der Waals surface area contributed by atoms with Crippen LogP contribution in [-0.4, -0.2) is 13.0 Å². The molecule has 0 spiro atoms. The Morgan fingerprint density at radius 1 is 1.53 bits per heavy atom. The number of amides is 1. The van der Waals surface area contributed by atoms with Crippen LogP contribution in [0.2, 0.25) is 0 Å². The highest BCUT2D eigenvalue weighted by Crippen LogP contribution is 2.19. The van der Waals surface area contributed by atoms with Gasteiger partial charge in [-0.2, -0.15) is 5.26 Å². The van der Waals surface area contributed by atoms with Crippen LogP contribution in [0.1, 0.15) is 6.42 Å². The largest absolute Gasteiger partial charge is 0.312 e. The molecule has 0 heterocycles. The van der Waals surface area contributed by atoms with E-state index in [0.717, 1.165) is 17.0 Å². The third-order valence-corrected chi connectivity index (χ3v) is 1.88. The Morgan fingerprint density at radius 2 is 2.20 bits per heavy atom. The maximum Gasteiger partial charge on any atom is 0.241 e. The molecular formula is C10H8F2N2O. The summed E-state index contributed by atoms with van der Waals surface area (Å²) in [4.78, 5) is 12.2. The summed E-state index contributed by atoms with van der Waals surface area (Å²) in [7, 11) is 1.33. The third-order valence-electron chi connectivity index (χ3n) is 1.88. The minimum atomic E-state index is -0.830. The molecule has 0 unspecified atom stereocenters. The van der Waals surface area contributed by atoms with E-state index in [1.807, 2.05) is 0 Å². The molecule has 0 radical (unpaired) electrons. The topological polar surface area (TPSA) is 44.1 Å².